The molecule has 1 aromatic carbocycles. The zero-order valence-corrected chi connectivity index (χ0v) is 15.7. The maximum absolute atomic E-state index is 13.5. The summed E-state index contributed by atoms with van der Waals surface area (Å²) in [5.74, 6) is -0.642. The van der Waals surface area contributed by atoms with E-state index >= 15 is 0 Å². The molecule has 0 heterocycles. The van der Waals surface area contributed by atoms with E-state index < -0.39 is 26.7 Å². The summed E-state index contributed by atoms with van der Waals surface area (Å²) < 4.78 is 11.5. The first kappa shape index (κ1) is 20.3. The smallest absolute Gasteiger partial charge is 0.322 e. The van der Waals surface area contributed by atoms with Gasteiger partial charge in [0.05, 0.1) is 5.69 Å². The molecule has 1 atom stereocenters. The van der Waals surface area contributed by atoms with Gasteiger partial charge in [0, 0.05) is 7.05 Å². The van der Waals surface area contributed by atoms with Gasteiger partial charge in [-0.25, -0.2) is 9.18 Å². The number of halogens is 4. The van der Waals surface area contributed by atoms with Crippen molar-refractivity contribution in [3.05, 3.63) is 30.1 Å². The molecular formula is C10H11Cl3FN2O3PS2. The highest BCUT2D eigenvalue weighted by Crippen LogP contribution is 2.58. The van der Waals surface area contributed by atoms with Crippen LogP contribution in [0.15, 0.2) is 24.3 Å². The molecule has 1 aromatic rings. The van der Waals surface area contributed by atoms with Crippen LogP contribution in [0.4, 0.5) is 14.9 Å². The number of para-hydroxylation sites is 1. The van der Waals surface area contributed by atoms with Crippen LogP contribution in [0.5, 0.6) is 0 Å². The van der Waals surface area contributed by atoms with Crippen molar-refractivity contribution < 1.29 is 19.0 Å². The van der Waals surface area contributed by atoms with Crippen molar-refractivity contribution in [1.82, 2.24) is 4.90 Å². The molecule has 0 fully saturated rings. The van der Waals surface area contributed by atoms with Gasteiger partial charge in [-0.15, -0.1) is 0 Å². The van der Waals surface area contributed by atoms with Crippen molar-refractivity contribution in [1.29, 1.82) is 0 Å². The molecule has 22 heavy (non-hydrogen) atoms. The Morgan fingerprint density at radius 2 is 2.00 bits per heavy atom. The lowest BCUT2D eigenvalue weighted by molar-refractivity contribution is 0.219. The number of nitrogens with one attached hydrogen (secondary N) is 1. The summed E-state index contributed by atoms with van der Waals surface area (Å²) in [7, 11) is 1.25. The Morgan fingerprint density at radius 3 is 2.45 bits per heavy atom. The van der Waals surface area contributed by atoms with Crippen molar-refractivity contribution in [3.63, 3.8) is 0 Å². The molecule has 1 rings (SSSR count). The molecule has 0 saturated heterocycles. The van der Waals surface area contributed by atoms with Gasteiger partial charge in [-0.2, -0.15) is 0 Å². The number of carbonyl (C=O) groups is 1. The highest BCUT2D eigenvalue weighted by atomic mass is 35.6. The summed E-state index contributed by atoms with van der Waals surface area (Å²) in [5.41, 5.74) is -3.87. The Bertz CT molecular complexity index is 599. The summed E-state index contributed by atoms with van der Waals surface area (Å²) in [5, 5.41) is 0.999. The Kier molecular flexibility index (Phi) is 7.23. The number of hydrogen-bond acceptors (Lipinski definition) is 3. The van der Waals surface area contributed by atoms with Gasteiger partial charge in [0.25, 0.3) is 0 Å². The van der Waals surface area contributed by atoms with E-state index in [1.54, 1.807) is 0 Å². The number of alkyl halides is 3. The number of anilines is 1. The standard InChI is InChI=1S/C10H11Cl3FN2O3PS2/c1-16(8(10(11,12)13)22-20(18,19)21)9(17)15-7-5-3-2-4-6(7)14/h2-5,8H,1H3,(H,15,17)(H2,18,19,21). The molecule has 2 amide bonds. The van der Waals surface area contributed by atoms with Crippen LogP contribution in [0.3, 0.4) is 0 Å². The van der Waals surface area contributed by atoms with E-state index in [2.05, 4.69) is 17.1 Å². The van der Waals surface area contributed by atoms with E-state index in [-0.39, 0.29) is 5.69 Å². The summed E-state index contributed by atoms with van der Waals surface area (Å²) in [4.78, 5) is 31.7. The number of urea groups is 1. The van der Waals surface area contributed by atoms with Gasteiger partial charge in [-0.3, -0.25) is 0 Å². The molecule has 0 bridgehead atoms. The van der Waals surface area contributed by atoms with Gasteiger partial charge in [0.2, 0.25) is 9.49 Å². The van der Waals surface area contributed by atoms with Crippen LogP contribution in [0.25, 0.3) is 0 Å². The average molecular weight is 428 g/mol. The van der Waals surface area contributed by atoms with Crippen LogP contribution in [-0.2, 0) is 11.8 Å². The molecule has 3 N–H and O–H groups in total. The number of benzene rings is 1. The van der Waals surface area contributed by atoms with Crippen LogP contribution in [0, 0.1) is 5.82 Å². The molecule has 5 nitrogen and oxygen atoms in total. The minimum atomic E-state index is -3.80. The first-order valence-electron chi connectivity index (χ1n) is 5.51. The molecular weight excluding hydrogens is 417 g/mol. The first-order valence-corrected chi connectivity index (χ1v) is 10.8. The molecule has 0 aliphatic heterocycles. The fourth-order valence-electron chi connectivity index (χ4n) is 1.35. The van der Waals surface area contributed by atoms with Crippen molar-refractivity contribution in [3.8, 4) is 0 Å². The number of rotatable bonds is 4. The highest BCUT2D eigenvalue weighted by Gasteiger charge is 2.41. The van der Waals surface area contributed by atoms with E-state index in [1.807, 2.05) is 0 Å². The van der Waals surface area contributed by atoms with Gasteiger partial charge < -0.3 is 20.0 Å². The van der Waals surface area contributed by atoms with Crippen molar-refractivity contribution in [2.45, 2.75) is 9.17 Å². The lowest BCUT2D eigenvalue weighted by Crippen LogP contribution is -2.44. The zero-order valence-electron chi connectivity index (χ0n) is 10.9. The normalized spacial score (nSPS) is 13.6. The van der Waals surface area contributed by atoms with Crippen molar-refractivity contribution in [2.24, 2.45) is 0 Å². The predicted octanol–water partition coefficient (Wildman–Crippen LogP) is 3.93. The fourth-order valence-corrected chi connectivity index (χ4v) is 5.78. The Balaban J connectivity index is 2.94. The van der Waals surface area contributed by atoms with E-state index in [1.165, 1.54) is 25.2 Å². The Morgan fingerprint density at radius 1 is 1.45 bits per heavy atom. The summed E-state index contributed by atoms with van der Waals surface area (Å²) in [6, 6.07) is 4.69. The van der Waals surface area contributed by atoms with Crippen LogP contribution < -0.4 is 5.32 Å². The second-order valence-electron chi connectivity index (χ2n) is 4.01. The highest BCUT2D eigenvalue weighted by molar-refractivity contribution is 8.67. The predicted molar refractivity (Wildman–Crippen MR) is 93.6 cm³/mol. The number of hydrogen-bond donors (Lipinski definition) is 3. The quantitative estimate of drug-likeness (QED) is 0.386. The third-order valence-corrected chi connectivity index (χ3v) is 6.65. The molecule has 124 valence electrons. The maximum atomic E-state index is 13.5. The third kappa shape index (κ3) is 6.37. The number of carbonyl (C=O) groups excluding carboxylic acids is 1. The zero-order chi connectivity index (χ0) is 17.1. The molecule has 12 heteroatoms. The maximum Gasteiger partial charge on any atom is 0.322 e. The summed E-state index contributed by atoms with van der Waals surface area (Å²) in [6.45, 7) is 0. The molecule has 1 unspecified atom stereocenters. The minimum absolute atomic E-state index is 0.0696. The van der Waals surface area contributed by atoms with Crippen molar-refractivity contribution in [2.75, 3.05) is 12.4 Å². The van der Waals surface area contributed by atoms with E-state index in [4.69, 9.17) is 34.8 Å². The minimum Gasteiger partial charge on any atom is -0.338 e. The van der Waals surface area contributed by atoms with Crippen LogP contribution in [0.2, 0.25) is 0 Å². The second kappa shape index (κ2) is 7.85. The Labute approximate surface area is 150 Å². The van der Waals surface area contributed by atoms with Gasteiger partial charge in [-0.05, 0) is 35.3 Å². The van der Waals surface area contributed by atoms with Crippen LogP contribution >= 0.6 is 51.9 Å². The number of amides is 2. The average Bonchev–Trinajstić information content (AvgIpc) is 2.35. The van der Waals surface area contributed by atoms with Gasteiger partial charge in [0.15, 0.2) is 0 Å². The second-order valence-corrected chi connectivity index (χ2v) is 12.4. The topological polar surface area (TPSA) is 72.8 Å². The van der Waals surface area contributed by atoms with E-state index in [0.29, 0.717) is 11.4 Å². The lowest BCUT2D eigenvalue weighted by Gasteiger charge is -2.33. The van der Waals surface area contributed by atoms with E-state index in [0.717, 1.165) is 11.0 Å². The SMILES string of the molecule is CN(C(=O)Nc1ccccc1F)C(SP(O)(O)=S)C(Cl)(Cl)Cl. The molecule has 0 saturated carbocycles. The monoisotopic (exact) mass is 426 g/mol. The Hall–Kier alpha value is 0.210. The van der Waals surface area contributed by atoms with Gasteiger partial charge >= 0.3 is 6.03 Å². The molecule has 0 aromatic heterocycles. The molecule has 0 spiro atoms. The fraction of sp³-hybridized carbons (Fsp3) is 0.300. The summed E-state index contributed by atoms with van der Waals surface area (Å²) >= 11 is 22.1. The largest absolute Gasteiger partial charge is 0.338 e. The molecule has 0 radical (unpaired) electrons. The molecule has 0 aliphatic carbocycles. The molecule has 0 aliphatic rings. The van der Waals surface area contributed by atoms with Crippen molar-refractivity contribution >= 4 is 75.4 Å². The first-order chi connectivity index (χ1) is 9.92. The van der Waals surface area contributed by atoms with E-state index in [9.17, 15) is 19.0 Å². The van der Waals surface area contributed by atoms with Gasteiger partial charge in [0.1, 0.15) is 11.2 Å². The number of nitrogens with zero attached hydrogens (tertiary/aromatic N) is 1. The lowest BCUT2D eigenvalue weighted by atomic mass is 10.3. The summed E-state index contributed by atoms with van der Waals surface area (Å²) in [6.07, 6.45) is 0. The third-order valence-electron chi connectivity index (χ3n) is 2.30. The van der Waals surface area contributed by atoms with Crippen LogP contribution in [-0.4, -0.2) is 36.9 Å². The van der Waals surface area contributed by atoms with Crippen LogP contribution in [0.1, 0.15) is 0 Å². The van der Waals surface area contributed by atoms with Gasteiger partial charge in [-0.1, -0.05) is 46.9 Å².